The molecule has 0 aliphatic rings. The van der Waals surface area contributed by atoms with Crippen LogP contribution < -0.4 is 0 Å². The van der Waals surface area contributed by atoms with Gasteiger partial charge in [-0.2, -0.15) is 0 Å². The van der Waals surface area contributed by atoms with Crippen LogP contribution in [0, 0.1) is 0 Å². The Kier molecular flexibility index (Phi) is 4.35. The van der Waals surface area contributed by atoms with E-state index in [0.717, 1.165) is 18.4 Å². The van der Waals surface area contributed by atoms with Gasteiger partial charge in [-0.25, -0.2) is 0 Å². The van der Waals surface area contributed by atoms with Crippen LogP contribution in [0.5, 0.6) is 0 Å². The highest BCUT2D eigenvalue weighted by Gasteiger charge is 2.07. The topological polar surface area (TPSA) is 20.3 Å². The molecule has 1 amide bonds. The van der Waals surface area contributed by atoms with Gasteiger partial charge in [0.15, 0.2) is 0 Å². The SMILES string of the molecule is CN(C)C(=O)c1cccc(CCc2ccccc2)c1. The fourth-order valence-corrected chi connectivity index (χ4v) is 2.05. The summed E-state index contributed by atoms with van der Waals surface area (Å²) in [4.78, 5) is 13.5. The second-order valence-corrected chi connectivity index (χ2v) is 4.89. The van der Waals surface area contributed by atoms with Gasteiger partial charge in [-0.1, -0.05) is 42.5 Å². The first-order chi connectivity index (χ1) is 9.16. The van der Waals surface area contributed by atoms with Gasteiger partial charge in [0.05, 0.1) is 0 Å². The van der Waals surface area contributed by atoms with Crippen LogP contribution in [0.3, 0.4) is 0 Å². The molecule has 2 aromatic carbocycles. The Morgan fingerprint density at radius 2 is 1.53 bits per heavy atom. The third kappa shape index (κ3) is 3.68. The summed E-state index contributed by atoms with van der Waals surface area (Å²) in [5.74, 6) is 0.0570. The lowest BCUT2D eigenvalue weighted by Crippen LogP contribution is -2.21. The number of benzene rings is 2. The number of hydrogen-bond acceptors (Lipinski definition) is 1. The van der Waals surface area contributed by atoms with Crippen molar-refractivity contribution < 1.29 is 4.79 Å². The molecule has 0 fully saturated rings. The normalized spacial score (nSPS) is 10.2. The maximum Gasteiger partial charge on any atom is 0.253 e. The van der Waals surface area contributed by atoms with Crippen molar-refractivity contribution in [2.75, 3.05) is 14.1 Å². The van der Waals surface area contributed by atoms with Crippen molar-refractivity contribution in [2.45, 2.75) is 12.8 Å². The number of rotatable bonds is 4. The number of carbonyl (C=O) groups is 1. The van der Waals surface area contributed by atoms with Crippen LogP contribution in [0.1, 0.15) is 21.5 Å². The Bertz CT molecular complexity index is 546. The maximum absolute atomic E-state index is 11.9. The van der Waals surface area contributed by atoms with Gasteiger partial charge in [-0.15, -0.1) is 0 Å². The van der Waals surface area contributed by atoms with E-state index >= 15 is 0 Å². The molecule has 98 valence electrons. The molecule has 0 bridgehead atoms. The largest absolute Gasteiger partial charge is 0.345 e. The zero-order valence-corrected chi connectivity index (χ0v) is 11.5. The summed E-state index contributed by atoms with van der Waals surface area (Å²) < 4.78 is 0. The Morgan fingerprint density at radius 3 is 2.21 bits per heavy atom. The van der Waals surface area contributed by atoms with Crippen LogP contribution in [0.2, 0.25) is 0 Å². The summed E-state index contributed by atoms with van der Waals surface area (Å²) in [7, 11) is 3.55. The van der Waals surface area contributed by atoms with Gasteiger partial charge in [0.1, 0.15) is 0 Å². The smallest absolute Gasteiger partial charge is 0.253 e. The van der Waals surface area contributed by atoms with E-state index in [4.69, 9.17) is 0 Å². The van der Waals surface area contributed by atoms with E-state index in [-0.39, 0.29) is 5.91 Å². The number of nitrogens with zero attached hydrogens (tertiary/aromatic N) is 1. The summed E-state index contributed by atoms with van der Waals surface area (Å²) in [6, 6.07) is 18.3. The Balaban J connectivity index is 2.05. The standard InChI is InChI=1S/C17H19NO/c1-18(2)17(19)16-10-6-9-15(13-16)12-11-14-7-4-3-5-8-14/h3-10,13H,11-12H2,1-2H3. The molecule has 0 radical (unpaired) electrons. The van der Waals surface area contributed by atoms with Crippen LogP contribution >= 0.6 is 0 Å². The van der Waals surface area contributed by atoms with Crippen LogP contribution in [0.4, 0.5) is 0 Å². The van der Waals surface area contributed by atoms with E-state index in [2.05, 4.69) is 30.3 Å². The van der Waals surface area contributed by atoms with E-state index in [1.54, 1.807) is 19.0 Å². The minimum Gasteiger partial charge on any atom is -0.345 e. The minimum absolute atomic E-state index is 0.0570. The van der Waals surface area contributed by atoms with Crippen molar-refractivity contribution in [1.82, 2.24) is 4.90 Å². The fraction of sp³-hybridized carbons (Fsp3) is 0.235. The van der Waals surface area contributed by atoms with Crippen molar-refractivity contribution in [1.29, 1.82) is 0 Å². The molecule has 0 heterocycles. The number of amides is 1. The first-order valence-electron chi connectivity index (χ1n) is 6.51. The van der Waals surface area contributed by atoms with E-state index in [1.165, 1.54) is 11.1 Å². The molecule has 2 rings (SSSR count). The summed E-state index contributed by atoms with van der Waals surface area (Å²) in [6.45, 7) is 0. The highest BCUT2D eigenvalue weighted by molar-refractivity contribution is 5.94. The summed E-state index contributed by atoms with van der Waals surface area (Å²) in [5, 5.41) is 0. The third-order valence-electron chi connectivity index (χ3n) is 3.13. The van der Waals surface area contributed by atoms with Crippen LogP contribution in [-0.2, 0) is 12.8 Å². The molecule has 2 aromatic rings. The third-order valence-corrected chi connectivity index (χ3v) is 3.13. The number of aryl methyl sites for hydroxylation is 2. The molecule has 0 saturated heterocycles. The zero-order valence-electron chi connectivity index (χ0n) is 11.5. The van der Waals surface area contributed by atoms with Crippen molar-refractivity contribution in [3.63, 3.8) is 0 Å². The fourth-order valence-electron chi connectivity index (χ4n) is 2.05. The molecule has 0 aliphatic carbocycles. The Hall–Kier alpha value is -2.09. The van der Waals surface area contributed by atoms with Crippen LogP contribution in [-0.4, -0.2) is 24.9 Å². The molecule has 0 N–H and O–H groups in total. The lowest BCUT2D eigenvalue weighted by atomic mass is 10.0. The first kappa shape index (κ1) is 13.3. The van der Waals surface area contributed by atoms with Gasteiger partial charge in [-0.3, -0.25) is 4.79 Å². The average Bonchev–Trinajstić information content (AvgIpc) is 2.45. The van der Waals surface area contributed by atoms with E-state index < -0.39 is 0 Å². The molecule has 2 heteroatoms. The Labute approximate surface area is 114 Å². The average molecular weight is 253 g/mol. The number of hydrogen-bond donors (Lipinski definition) is 0. The molecule has 0 spiro atoms. The highest BCUT2D eigenvalue weighted by atomic mass is 16.2. The van der Waals surface area contributed by atoms with Gasteiger partial charge in [-0.05, 0) is 36.1 Å². The molecular weight excluding hydrogens is 234 g/mol. The first-order valence-corrected chi connectivity index (χ1v) is 6.51. The van der Waals surface area contributed by atoms with Crippen molar-refractivity contribution in [2.24, 2.45) is 0 Å². The quantitative estimate of drug-likeness (QED) is 0.819. The second kappa shape index (κ2) is 6.19. The lowest BCUT2D eigenvalue weighted by Gasteiger charge is -2.11. The Morgan fingerprint density at radius 1 is 0.895 bits per heavy atom. The molecule has 19 heavy (non-hydrogen) atoms. The van der Waals surface area contributed by atoms with Gasteiger partial charge in [0.2, 0.25) is 0 Å². The molecule has 0 aromatic heterocycles. The predicted molar refractivity (Wildman–Crippen MR) is 78.3 cm³/mol. The monoisotopic (exact) mass is 253 g/mol. The summed E-state index contributed by atoms with van der Waals surface area (Å²) >= 11 is 0. The minimum atomic E-state index is 0.0570. The molecule has 2 nitrogen and oxygen atoms in total. The number of carbonyl (C=O) groups excluding carboxylic acids is 1. The predicted octanol–water partition coefficient (Wildman–Crippen LogP) is 3.17. The van der Waals surface area contributed by atoms with Gasteiger partial charge < -0.3 is 4.90 Å². The van der Waals surface area contributed by atoms with Gasteiger partial charge in [0, 0.05) is 19.7 Å². The highest BCUT2D eigenvalue weighted by Crippen LogP contribution is 2.11. The molecule has 0 unspecified atom stereocenters. The van der Waals surface area contributed by atoms with E-state index in [1.807, 2.05) is 24.3 Å². The molecular formula is C17H19NO. The zero-order chi connectivity index (χ0) is 13.7. The van der Waals surface area contributed by atoms with Crippen molar-refractivity contribution in [3.8, 4) is 0 Å². The van der Waals surface area contributed by atoms with E-state index in [0.29, 0.717) is 0 Å². The van der Waals surface area contributed by atoms with Gasteiger partial charge >= 0.3 is 0 Å². The second-order valence-electron chi connectivity index (χ2n) is 4.89. The van der Waals surface area contributed by atoms with Gasteiger partial charge in [0.25, 0.3) is 5.91 Å². The van der Waals surface area contributed by atoms with Crippen molar-refractivity contribution >= 4 is 5.91 Å². The lowest BCUT2D eigenvalue weighted by molar-refractivity contribution is 0.0827. The van der Waals surface area contributed by atoms with E-state index in [9.17, 15) is 4.79 Å². The molecule has 0 saturated carbocycles. The summed E-state index contributed by atoms with van der Waals surface area (Å²) in [6.07, 6.45) is 1.96. The van der Waals surface area contributed by atoms with Crippen LogP contribution in [0.15, 0.2) is 54.6 Å². The molecule has 0 aliphatic heterocycles. The molecule has 0 atom stereocenters. The maximum atomic E-state index is 11.9. The summed E-state index contributed by atoms with van der Waals surface area (Å²) in [5.41, 5.74) is 3.29. The van der Waals surface area contributed by atoms with Crippen LogP contribution in [0.25, 0.3) is 0 Å². The van der Waals surface area contributed by atoms with Crippen molar-refractivity contribution in [3.05, 3.63) is 71.3 Å².